The van der Waals surface area contributed by atoms with Gasteiger partial charge >= 0.3 is 12.0 Å². The molecule has 3 rings (SSSR count). The summed E-state index contributed by atoms with van der Waals surface area (Å²) in [6, 6.07) is 3.99. The van der Waals surface area contributed by atoms with Gasteiger partial charge in [-0.05, 0) is 37.5 Å². The van der Waals surface area contributed by atoms with Gasteiger partial charge < -0.3 is 15.0 Å². The summed E-state index contributed by atoms with van der Waals surface area (Å²) in [5.74, 6) is -0.0330. The minimum absolute atomic E-state index is 0.0234. The molecule has 0 saturated carbocycles. The largest absolute Gasteiger partial charge is 0.463 e. The van der Waals surface area contributed by atoms with Crippen LogP contribution in [0.3, 0.4) is 0 Å². The predicted octanol–water partition coefficient (Wildman–Crippen LogP) is 4.09. The maximum Gasteiger partial charge on any atom is 0.338 e. The maximum absolute atomic E-state index is 13.2. The Morgan fingerprint density at radius 1 is 1.20 bits per heavy atom. The van der Waals surface area contributed by atoms with E-state index in [1.807, 2.05) is 25.7 Å². The van der Waals surface area contributed by atoms with E-state index in [0.29, 0.717) is 65.4 Å². The smallest absolute Gasteiger partial charge is 0.338 e. The maximum atomic E-state index is 13.2. The molecule has 0 aliphatic carbocycles. The number of piperazine rings is 1. The quantitative estimate of drug-likeness (QED) is 0.543. The molecule has 8 nitrogen and oxygen atoms in total. The molecule has 1 fully saturated rings. The first-order valence-corrected chi connectivity index (χ1v) is 12.7. The van der Waals surface area contributed by atoms with Crippen LogP contribution in [0.2, 0.25) is 10.0 Å². The van der Waals surface area contributed by atoms with Crippen molar-refractivity contribution < 1.29 is 19.1 Å². The van der Waals surface area contributed by atoms with Gasteiger partial charge in [0, 0.05) is 51.4 Å². The summed E-state index contributed by atoms with van der Waals surface area (Å²) in [5, 5.41) is 3.61. The molecule has 3 amide bonds. The van der Waals surface area contributed by atoms with Gasteiger partial charge in [-0.1, -0.05) is 43.1 Å². The van der Waals surface area contributed by atoms with Gasteiger partial charge in [0.25, 0.3) is 0 Å². The molecule has 0 bridgehead atoms. The van der Waals surface area contributed by atoms with Gasteiger partial charge in [-0.15, -0.1) is 0 Å². The highest BCUT2D eigenvalue weighted by Gasteiger charge is 2.38. The van der Waals surface area contributed by atoms with E-state index < -0.39 is 12.0 Å². The van der Waals surface area contributed by atoms with Gasteiger partial charge in [-0.2, -0.15) is 0 Å². The van der Waals surface area contributed by atoms with E-state index in [9.17, 15) is 14.4 Å². The second-order valence-corrected chi connectivity index (χ2v) is 10.3. The lowest BCUT2D eigenvalue weighted by Gasteiger charge is -2.42. The van der Waals surface area contributed by atoms with Gasteiger partial charge in [-0.3, -0.25) is 14.6 Å². The van der Waals surface area contributed by atoms with E-state index >= 15 is 0 Å². The van der Waals surface area contributed by atoms with E-state index in [1.165, 1.54) is 4.90 Å². The van der Waals surface area contributed by atoms with Crippen molar-refractivity contribution >= 4 is 41.1 Å². The van der Waals surface area contributed by atoms with E-state index in [0.717, 1.165) is 0 Å². The lowest BCUT2D eigenvalue weighted by Crippen LogP contribution is -2.56. The number of likely N-dealkylation sites (N-methyl/N-ethyl adjacent to an activating group) is 1. The first kappa shape index (κ1) is 27.3. The standard InChI is InChI=1S/C25H34Cl2N4O4/c1-6-35-24(33)22-20(14-30-9-10-31(16(4)13-30)21(32)11-15(2)3)29(5)25(34)28-23(22)17-7-8-18(26)19(27)12-17/h7-8,12,15-16,23H,6,9-11,13-14H2,1-5H3,(H,28,34). The molecule has 2 unspecified atom stereocenters. The van der Waals surface area contributed by atoms with Gasteiger partial charge in [0.05, 0.1) is 28.3 Å². The number of carbonyl (C=O) groups excluding carboxylic acids is 3. The van der Waals surface area contributed by atoms with E-state index in [2.05, 4.69) is 10.2 Å². The Balaban J connectivity index is 1.92. The minimum Gasteiger partial charge on any atom is -0.463 e. The lowest BCUT2D eigenvalue weighted by atomic mass is 9.94. The zero-order valence-electron chi connectivity index (χ0n) is 20.9. The number of nitrogens with one attached hydrogen (secondary N) is 1. The summed E-state index contributed by atoms with van der Waals surface area (Å²) in [6.07, 6.45) is 0.525. The molecule has 10 heteroatoms. The summed E-state index contributed by atoms with van der Waals surface area (Å²) < 4.78 is 5.39. The molecule has 1 aromatic carbocycles. The van der Waals surface area contributed by atoms with Crippen LogP contribution in [0.25, 0.3) is 0 Å². The molecule has 1 saturated heterocycles. The monoisotopic (exact) mass is 524 g/mol. The first-order valence-electron chi connectivity index (χ1n) is 11.9. The number of rotatable bonds is 7. The predicted molar refractivity (Wildman–Crippen MR) is 136 cm³/mol. The molecule has 2 atom stereocenters. The molecule has 35 heavy (non-hydrogen) atoms. The highest BCUT2D eigenvalue weighted by atomic mass is 35.5. The third-order valence-electron chi connectivity index (χ3n) is 6.34. The van der Waals surface area contributed by atoms with E-state index in [-0.39, 0.29) is 24.6 Å². The third-order valence-corrected chi connectivity index (χ3v) is 7.08. The van der Waals surface area contributed by atoms with Gasteiger partial charge in [0.1, 0.15) is 0 Å². The van der Waals surface area contributed by atoms with Crippen LogP contribution in [-0.2, 0) is 14.3 Å². The molecule has 2 aliphatic rings. The zero-order valence-corrected chi connectivity index (χ0v) is 22.4. The second-order valence-electron chi connectivity index (χ2n) is 9.47. The van der Waals surface area contributed by atoms with Gasteiger partial charge in [0.2, 0.25) is 5.91 Å². The molecule has 1 N–H and O–H groups in total. The first-order chi connectivity index (χ1) is 16.5. The summed E-state index contributed by atoms with van der Waals surface area (Å²) in [4.78, 5) is 44.3. The summed E-state index contributed by atoms with van der Waals surface area (Å²) >= 11 is 12.3. The number of benzene rings is 1. The normalized spacial score (nSPS) is 21.4. The SMILES string of the molecule is CCOC(=O)C1=C(CN2CCN(C(=O)CC(C)C)C(C)C2)N(C)C(=O)NC1c1ccc(Cl)c(Cl)c1. The molecule has 1 aromatic rings. The van der Waals surface area contributed by atoms with Crippen LogP contribution in [-0.4, -0.2) is 78.5 Å². The number of nitrogens with zero attached hydrogens (tertiary/aromatic N) is 3. The number of urea groups is 1. The van der Waals surface area contributed by atoms with Crippen molar-refractivity contribution in [3.05, 3.63) is 45.1 Å². The zero-order chi connectivity index (χ0) is 25.9. The van der Waals surface area contributed by atoms with Crippen LogP contribution in [0.4, 0.5) is 4.79 Å². The molecule has 0 spiro atoms. The van der Waals surface area contributed by atoms with E-state index in [1.54, 1.807) is 32.2 Å². The average molecular weight is 525 g/mol. The Morgan fingerprint density at radius 2 is 1.91 bits per heavy atom. The Bertz CT molecular complexity index is 1010. The van der Waals surface area contributed by atoms with Crippen LogP contribution in [0.15, 0.2) is 29.5 Å². The fourth-order valence-corrected chi connectivity index (χ4v) is 4.87. The number of ether oxygens (including phenoxy) is 1. The third kappa shape index (κ3) is 6.29. The van der Waals surface area contributed by atoms with Crippen LogP contribution in [0, 0.1) is 5.92 Å². The van der Waals surface area contributed by atoms with Gasteiger partial charge in [0.15, 0.2) is 0 Å². The molecule has 192 valence electrons. The van der Waals surface area contributed by atoms with Crippen molar-refractivity contribution in [3.8, 4) is 0 Å². The molecule has 2 heterocycles. The Morgan fingerprint density at radius 3 is 2.51 bits per heavy atom. The van der Waals surface area contributed by atoms with Gasteiger partial charge in [-0.25, -0.2) is 9.59 Å². The van der Waals surface area contributed by atoms with Crippen molar-refractivity contribution in [2.24, 2.45) is 5.92 Å². The highest BCUT2D eigenvalue weighted by molar-refractivity contribution is 6.42. The van der Waals surface area contributed by atoms with Crippen LogP contribution in [0.5, 0.6) is 0 Å². The number of hydrogen-bond acceptors (Lipinski definition) is 5. The fourth-order valence-electron chi connectivity index (χ4n) is 4.57. The van der Waals surface area contributed by atoms with Crippen LogP contribution < -0.4 is 5.32 Å². The lowest BCUT2D eigenvalue weighted by molar-refractivity contribution is -0.139. The number of hydrogen-bond donors (Lipinski definition) is 1. The Hall–Kier alpha value is -2.29. The minimum atomic E-state index is -0.728. The highest BCUT2D eigenvalue weighted by Crippen LogP contribution is 2.34. The topological polar surface area (TPSA) is 82.2 Å². The van der Waals surface area contributed by atoms with Crippen molar-refractivity contribution in [3.63, 3.8) is 0 Å². The molecule has 0 aromatic heterocycles. The Labute approximate surface area is 217 Å². The number of esters is 1. The Kier molecular flexibility index (Phi) is 9.07. The summed E-state index contributed by atoms with van der Waals surface area (Å²) in [6.45, 7) is 10.3. The molecule has 2 aliphatic heterocycles. The molecular formula is C25H34Cl2N4O4. The van der Waals surface area contributed by atoms with E-state index in [4.69, 9.17) is 27.9 Å². The number of amides is 3. The summed E-state index contributed by atoms with van der Waals surface area (Å²) in [7, 11) is 1.64. The molecule has 0 radical (unpaired) electrons. The second kappa shape index (κ2) is 11.6. The van der Waals surface area contributed by atoms with Crippen LogP contribution in [0.1, 0.15) is 45.7 Å². The fraction of sp³-hybridized carbons (Fsp3) is 0.560. The molecular weight excluding hydrogens is 491 g/mol. The number of carbonyl (C=O) groups is 3. The summed E-state index contributed by atoms with van der Waals surface area (Å²) in [5.41, 5.74) is 1.56. The van der Waals surface area contributed by atoms with Crippen molar-refractivity contribution in [2.45, 2.75) is 46.2 Å². The average Bonchev–Trinajstić information content (AvgIpc) is 2.78. The van der Waals surface area contributed by atoms with Crippen molar-refractivity contribution in [1.82, 2.24) is 20.0 Å². The number of halogens is 2. The van der Waals surface area contributed by atoms with Crippen molar-refractivity contribution in [2.75, 3.05) is 39.8 Å². The van der Waals surface area contributed by atoms with Crippen molar-refractivity contribution in [1.29, 1.82) is 0 Å². The van der Waals surface area contributed by atoms with Crippen LogP contribution >= 0.6 is 23.2 Å².